The van der Waals surface area contributed by atoms with E-state index in [1.54, 1.807) is 13.8 Å². The summed E-state index contributed by atoms with van der Waals surface area (Å²) in [5.74, 6) is 0.601. The Balaban J connectivity index is 1.62. The Hall–Kier alpha value is -1.40. The molecule has 1 aliphatic heterocycles. The Bertz CT molecular complexity index is 501. The standard InChI is InChI=1S/C15H23N3O3/c1-10-14(11(2)21-16-10)15(20)18-8-6-17(7-9-18)12-4-3-5-13(12)19/h12-13,19H,3-9H2,1-2H3/t12-,13+/m1/s1. The van der Waals surface area contributed by atoms with Gasteiger partial charge in [-0.25, -0.2) is 0 Å². The van der Waals surface area contributed by atoms with E-state index >= 15 is 0 Å². The molecule has 2 heterocycles. The highest BCUT2D eigenvalue weighted by atomic mass is 16.5. The van der Waals surface area contributed by atoms with Gasteiger partial charge in [-0.2, -0.15) is 0 Å². The van der Waals surface area contributed by atoms with Crippen LogP contribution < -0.4 is 0 Å². The van der Waals surface area contributed by atoms with Gasteiger partial charge in [0.05, 0.1) is 11.8 Å². The minimum Gasteiger partial charge on any atom is -0.391 e. The van der Waals surface area contributed by atoms with Gasteiger partial charge in [-0.05, 0) is 33.1 Å². The number of amides is 1. The van der Waals surface area contributed by atoms with Crippen molar-refractivity contribution in [2.75, 3.05) is 26.2 Å². The Kier molecular flexibility index (Phi) is 3.99. The van der Waals surface area contributed by atoms with Crippen molar-refractivity contribution in [1.29, 1.82) is 0 Å². The van der Waals surface area contributed by atoms with Crippen LogP contribution in [0.25, 0.3) is 0 Å². The molecule has 1 saturated heterocycles. The van der Waals surface area contributed by atoms with Gasteiger partial charge in [0.2, 0.25) is 0 Å². The molecule has 1 saturated carbocycles. The van der Waals surface area contributed by atoms with Crippen molar-refractivity contribution < 1.29 is 14.4 Å². The van der Waals surface area contributed by atoms with Crippen molar-refractivity contribution in [3.63, 3.8) is 0 Å². The fourth-order valence-corrected chi connectivity index (χ4v) is 3.55. The lowest BCUT2D eigenvalue weighted by atomic mass is 10.1. The number of hydrogen-bond acceptors (Lipinski definition) is 5. The summed E-state index contributed by atoms with van der Waals surface area (Å²) in [7, 11) is 0. The van der Waals surface area contributed by atoms with E-state index in [0.29, 0.717) is 30.1 Å². The van der Waals surface area contributed by atoms with Gasteiger partial charge in [0.15, 0.2) is 0 Å². The number of carbonyl (C=O) groups excluding carboxylic acids is 1. The molecule has 1 N–H and O–H groups in total. The Labute approximate surface area is 124 Å². The molecule has 0 spiro atoms. The second kappa shape index (κ2) is 5.77. The summed E-state index contributed by atoms with van der Waals surface area (Å²) >= 11 is 0. The molecule has 1 aromatic rings. The average molecular weight is 293 g/mol. The van der Waals surface area contributed by atoms with E-state index in [-0.39, 0.29) is 18.1 Å². The quantitative estimate of drug-likeness (QED) is 0.879. The fourth-order valence-electron chi connectivity index (χ4n) is 3.55. The maximum Gasteiger partial charge on any atom is 0.259 e. The largest absolute Gasteiger partial charge is 0.391 e. The molecule has 1 aliphatic carbocycles. The summed E-state index contributed by atoms with van der Waals surface area (Å²) in [5.41, 5.74) is 1.26. The molecule has 2 atom stereocenters. The average Bonchev–Trinajstić information content (AvgIpc) is 3.05. The summed E-state index contributed by atoms with van der Waals surface area (Å²) in [6.07, 6.45) is 2.88. The summed E-state index contributed by atoms with van der Waals surface area (Å²) < 4.78 is 5.08. The maximum absolute atomic E-state index is 12.6. The molecule has 2 fully saturated rings. The third kappa shape index (κ3) is 2.70. The van der Waals surface area contributed by atoms with E-state index in [4.69, 9.17) is 4.52 Å². The number of piperazine rings is 1. The van der Waals surface area contributed by atoms with E-state index in [9.17, 15) is 9.90 Å². The lowest BCUT2D eigenvalue weighted by molar-refractivity contribution is 0.0314. The molecule has 2 aliphatic rings. The van der Waals surface area contributed by atoms with Crippen molar-refractivity contribution in [2.45, 2.75) is 45.3 Å². The highest BCUT2D eigenvalue weighted by molar-refractivity contribution is 5.96. The lowest BCUT2D eigenvalue weighted by Crippen LogP contribution is -2.53. The number of hydrogen-bond donors (Lipinski definition) is 1. The number of nitrogens with zero attached hydrogens (tertiary/aromatic N) is 3. The van der Waals surface area contributed by atoms with Crippen LogP contribution in [0.15, 0.2) is 4.52 Å². The minimum absolute atomic E-state index is 0.0119. The zero-order chi connectivity index (χ0) is 15.0. The number of aromatic nitrogens is 1. The van der Waals surface area contributed by atoms with Crippen LogP contribution in [-0.4, -0.2) is 64.3 Å². The van der Waals surface area contributed by atoms with Crippen molar-refractivity contribution in [1.82, 2.24) is 15.0 Å². The highest BCUT2D eigenvalue weighted by Crippen LogP contribution is 2.25. The molecule has 116 valence electrons. The normalized spacial score (nSPS) is 27.3. The van der Waals surface area contributed by atoms with Gasteiger partial charge in [-0.1, -0.05) is 5.16 Å². The summed E-state index contributed by atoms with van der Waals surface area (Å²) in [6.45, 7) is 6.64. The topological polar surface area (TPSA) is 69.8 Å². The molecule has 0 bridgehead atoms. The van der Waals surface area contributed by atoms with Crippen LogP contribution in [0.2, 0.25) is 0 Å². The first kappa shape index (κ1) is 14.5. The van der Waals surface area contributed by atoms with Crippen LogP contribution in [0.5, 0.6) is 0 Å². The summed E-state index contributed by atoms with van der Waals surface area (Å²) in [6, 6.07) is 0.279. The van der Waals surface area contributed by atoms with Gasteiger partial charge >= 0.3 is 0 Å². The van der Waals surface area contributed by atoms with E-state index in [0.717, 1.165) is 32.4 Å². The van der Waals surface area contributed by atoms with E-state index in [1.165, 1.54) is 0 Å². The van der Waals surface area contributed by atoms with Gasteiger partial charge < -0.3 is 14.5 Å². The molecule has 0 unspecified atom stereocenters. The van der Waals surface area contributed by atoms with E-state index in [2.05, 4.69) is 10.1 Å². The molecule has 6 nitrogen and oxygen atoms in total. The van der Waals surface area contributed by atoms with Crippen molar-refractivity contribution in [3.05, 3.63) is 17.0 Å². The van der Waals surface area contributed by atoms with E-state index in [1.807, 2.05) is 4.90 Å². The van der Waals surface area contributed by atoms with Crippen molar-refractivity contribution in [3.8, 4) is 0 Å². The fraction of sp³-hybridized carbons (Fsp3) is 0.733. The van der Waals surface area contributed by atoms with Crippen molar-refractivity contribution >= 4 is 5.91 Å². The van der Waals surface area contributed by atoms with Gasteiger partial charge in [0.25, 0.3) is 5.91 Å². The third-order valence-electron chi connectivity index (χ3n) is 4.76. The number of aliphatic hydroxyl groups excluding tert-OH is 1. The Morgan fingerprint density at radius 2 is 1.95 bits per heavy atom. The van der Waals surface area contributed by atoms with Crippen LogP contribution in [0, 0.1) is 13.8 Å². The van der Waals surface area contributed by atoms with E-state index < -0.39 is 0 Å². The van der Waals surface area contributed by atoms with Crippen LogP contribution >= 0.6 is 0 Å². The van der Waals surface area contributed by atoms with Crippen LogP contribution in [0.4, 0.5) is 0 Å². The minimum atomic E-state index is -0.199. The Morgan fingerprint density at radius 1 is 1.24 bits per heavy atom. The molecular formula is C15H23N3O3. The number of rotatable bonds is 2. The lowest BCUT2D eigenvalue weighted by Gasteiger charge is -2.39. The smallest absolute Gasteiger partial charge is 0.259 e. The first-order valence-corrected chi connectivity index (χ1v) is 7.72. The molecule has 6 heteroatoms. The van der Waals surface area contributed by atoms with Crippen LogP contribution in [0.1, 0.15) is 41.1 Å². The van der Waals surface area contributed by atoms with Gasteiger partial charge in [-0.3, -0.25) is 9.69 Å². The molecule has 3 rings (SSSR count). The van der Waals surface area contributed by atoms with Crippen LogP contribution in [0.3, 0.4) is 0 Å². The predicted octanol–water partition coefficient (Wildman–Crippen LogP) is 0.963. The monoisotopic (exact) mass is 293 g/mol. The molecule has 0 radical (unpaired) electrons. The first-order chi connectivity index (χ1) is 10.1. The molecule has 1 aromatic heterocycles. The van der Waals surface area contributed by atoms with Crippen molar-refractivity contribution in [2.24, 2.45) is 0 Å². The zero-order valence-electron chi connectivity index (χ0n) is 12.7. The van der Waals surface area contributed by atoms with Crippen LogP contribution in [-0.2, 0) is 0 Å². The number of carbonyl (C=O) groups is 1. The SMILES string of the molecule is Cc1noc(C)c1C(=O)N1CCN([C@@H]2CCC[C@@H]2O)CC1. The Morgan fingerprint density at radius 3 is 2.48 bits per heavy atom. The number of aryl methyl sites for hydroxylation is 2. The van der Waals surface area contributed by atoms with Gasteiger partial charge in [0.1, 0.15) is 11.3 Å². The molecule has 1 amide bonds. The second-order valence-electron chi connectivity index (χ2n) is 6.09. The predicted molar refractivity (Wildman–Crippen MR) is 77.1 cm³/mol. The zero-order valence-corrected chi connectivity index (χ0v) is 12.7. The summed E-state index contributed by atoms with van der Waals surface area (Å²) in [5, 5.41) is 13.9. The molecular weight excluding hydrogens is 270 g/mol. The molecule has 0 aromatic carbocycles. The third-order valence-corrected chi connectivity index (χ3v) is 4.76. The first-order valence-electron chi connectivity index (χ1n) is 7.72. The maximum atomic E-state index is 12.6. The van der Waals surface area contributed by atoms with Gasteiger partial charge in [-0.15, -0.1) is 0 Å². The van der Waals surface area contributed by atoms with Gasteiger partial charge in [0, 0.05) is 32.2 Å². The number of aliphatic hydroxyl groups is 1. The molecule has 21 heavy (non-hydrogen) atoms. The highest BCUT2D eigenvalue weighted by Gasteiger charge is 2.34. The summed E-state index contributed by atoms with van der Waals surface area (Å²) in [4.78, 5) is 16.7. The second-order valence-corrected chi connectivity index (χ2v) is 6.09.